The number of carbonyl (C=O) groups is 1. The summed E-state index contributed by atoms with van der Waals surface area (Å²) in [4.78, 5) is 26.7. The summed E-state index contributed by atoms with van der Waals surface area (Å²) in [5, 5.41) is 16.5. The molecule has 1 aromatic heterocycles. The van der Waals surface area contributed by atoms with E-state index in [9.17, 15) is 9.90 Å². The zero-order chi connectivity index (χ0) is 22.0. The van der Waals surface area contributed by atoms with Gasteiger partial charge in [-0.2, -0.15) is 0 Å². The van der Waals surface area contributed by atoms with E-state index in [1.54, 1.807) is 0 Å². The Hall–Kier alpha value is -2.95. The molecule has 1 aromatic carbocycles. The van der Waals surface area contributed by atoms with Gasteiger partial charge in [0, 0.05) is 19.5 Å². The summed E-state index contributed by atoms with van der Waals surface area (Å²) in [6.45, 7) is 1.99. The number of likely N-dealkylation sites (tertiary alicyclic amines) is 1. The smallest absolute Gasteiger partial charge is 0.280 e. The molecule has 1 saturated heterocycles. The van der Waals surface area contributed by atoms with Gasteiger partial charge in [-0.15, -0.1) is 0 Å². The molecule has 2 aliphatic heterocycles. The van der Waals surface area contributed by atoms with Crippen molar-refractivity contribution in [3.63, 3.8) is 0 Å². The average Bonchev–Trinajstić information content (AvgIpc) is 3.13. The van der Waals surface area contributed by atoms with Crippen molar-refractivity contribution in [1.82, 2.24) is 25.5 Å². The molecule has 1 atom stereocenters. The molecule has 1 amide bonds. The molecule has 11 heteroatoms. The normalized spacial score (nSPS) is 19.0. The number of aliphatic hydroxyl groups is 1. The summed E-state index contributed by atoms with van der Waals surface area (Å²) in [7, 11) is 0. The van der Waals surface area contributed by atoms with Gasteiger partial charge in [0.2, 0.25) is 0 Å². The fourth-order valence-electron chi connectivity index (χ4n) is 3.89. The minimum atomic E-state index is -0.564. The molecule has 4 rings (SSSR count). The molecule has 0 bridgehead atoms. The lowest BCUT2D eigenvalue weighted by Gasteiger charge is -2.41. The zero-order valence-electron chi connectivity index (χ0n) is 16.9. The number of aliphatic imine (C=N–C) groups is 1. The Morgan fingerprint density at radius 2 is 1.94 bits per heavy atom. The average molecular weight is 445 g/mol. The Morgan fingerprint density at radius 1 is 1.23 bits per heavy atom. The number of nitrogens with two attached hydrogens (primary N) is 2. The number of halogens is 1. The van der Waals surface area contributed by atoms with Crippen LogP contribution < -0.4 is 22.1 Å². The molecule has 31 heavy (non-hydrogen) atoms. The van der Waals surface area contributed by atoms with Crippen molar-refractivity contribution in [2.75, 3.05) is 31.1 Å². The van der Waals surface area contributed by atoms with Crippen LogP contribution in [0, 0.1) is 0 Å². The second-order valence-electron chi connectivity index (χ2n) is 7.86. The Bertz CT molecular complexity index is 992. The molecular weight excluding hydrogens is 420 g/mol. The van der Waals surface area contributed by atoms with Gasteiger partial charge in [-0.1, -0.05) is 41.9 Å². The number of hydrogen-bond donors (Lipinski definition) is 5. The summed E-state index contributed by atoms with van der Waals surface area (Å²) in [6, 6.07) is 9.94. The van der Waals surface area contributed by atoms with Crippen molar-refractivity contribution in [2.24, 2.45) is 4.99 Å². The van der Waals surface area contributed by atoms with Crippen LogP contribution in [-0.4, -0.2) is 63.2 Å². The fraction of sp³-hybridized carbons (Fsp3) is 0.400. The number of carbonyl (C=O) groups excluding carboxylic acids is 1. The van der Waals surface area contributed by atoms with Crippen molar-refractivity contribution in [2.45, 2.75) is 31.0 Å². The second kappa shape index (κ2) is 8.66. The predicted molar refractivity (Wildman–Crippen MR) is 118 cm³/mol. The molecule has 1 fully saturated rings. The lowest BCUT2D eigenvalue weighted by molar-refractivity contribution is -0.0202. The van der Waals surface area contributed by atoms with Crippen LogP contribution in [-0.2, 0) is 6.42 Å². The largest absolute Gasteiger partial charge is 0.382 e. The maximum Gasteiger partial charge on any atom is 0.280 e. The molecule has 2 aromatic rings. The lowest BCUT2D eigenvalue weighted by Crippen LogP contribution is -2.57. The zero-order valence-corrected chi connectivity index (χ0v) is 17.6. The molecule has 2 aliphatic rings. The minimum absolute atomic E-state index is 0.0350. The van der Waals surface area contributed by atoms with Crippen LogP contribution in [0.5, 0.6) is 0 Å². The van der Waals surface area contributed by atoms with Gasteiger partial charge in [-0.3, -0.25) is 20.0 Å². The van der Waals surface area contributed by atoms with Crippen LogP contribution in [0.15, 0.2) is 35.3 Å². The maximum atomic E-state index is 12.5. The predicted octanol–water partition coefficient (Wildman–Crippen LogP) is 0.379. The number of hydrogen-bond acceptors (Lipinski definition) is 9. The van der Waals surface area contributed by atoms with E-state index in [1.165, 1.54) is 0 Å². The number of nitrogens with zero attached hydrogens (tertiary/aromatic N) is 4. The lowest BCUT2D eigenvalue weighted by atomic mass is 9.88. The number of amides is 1. The third kappa shape index (κ3) is 4.71. The van der Waals surface area contributed by atoms with Gasteiger partial charge in [0.25, 0.3) is 5.91 Å². The van der Waals surface area contributed by atoms with Crippen molar-refractivity contribution in [3.05, 3.63) is 46.7 Å². The molecule has 1 spiro atoms. The van der Waals surface area contributed by atoms with Crippen LogP contribution in [0.4, 0.5) is 11.6 Å². The number of aromatic nitrogens is 2. The highest BCUT2D eigenvalue weighted by atomic mass is 35.5. The third-order valence-electron chi connectivity index (χ3n) is 5.71. The van der Waals surface area contributed by atoms with Gasteiger partial charge >= 0.3 is 0 Å². The second-order valence-corrected chi connectivity index (χ2v) is 8.22. The van der Waals surface area contributed by atoms with Crippen LogP contribution in [0.3, 0.4) is 0 Å². The van der Waals surface area contributed by atoms with Crippen LogP contribution in [0.25, 0.3) is 0 Å². The van der Waals surface area contributed by atoms with Crippen molar-refractivity contribution < 1.29 is 9.90 Å². The van der Waals surface area contributed by atoms with Gasteiger partial charge in [-0.25, -0.2) is 9.97 Å². The number of guanidine groups is 1. The molecule has 7 N–H and O–H groups in total. The number of nitrogen functional groups attached to an aromatic ring is 2. The first kappa shape index (κ1) is 21.3. The summed E-state index contributed by atoms with van der Waals surface area (Å²) in [5.74, 6) is -0.344. The van der Waals surface area contributed by atoms with Crippen molar-refractivity contribution in [3.8, 4) is 0 Å². The first-order chi connectivity index (χ1) is 14.8. The minimum Gasteiger partial charge on any atom is -0.382 e. The molecule has 0 saturated carbocycles. The number of rotatable bonds is 4. The summed E-state index contributed by atoms with van der Waals surface area (Å²) >= 11 is 5.85. The van der Waals surface area contributed by atoms with E-state index in [0.29, 0.717) is 18.9 Å². The first-order valence-electron chi connectivity index (χ1n) is 10.0. The standard InChI is InChI=1S/C20H25ClN8O2/c21-15-17(23)26-16(22)14(25-15)18(31)27-19-24-11-20(28-19)6-8-29(9-7-20)13(30)10-12-4-2-1-3-5-12/h1-5,13,30H,6-11H2,(H4,22,23,26)(H2,24,27,28,31). The summed E-state index contributed by atoms with van der Waals surface area (Å²) in [6.07, 6.45) is 1.64. The van der Waals surface area contributed by atoms with Gasteiger partial charge in [0.05, 0.1) is 12.1 Å². The highest BCUT2D eigenvalue weighted by Gasteiger charge is 2.40. The van der Waals surface area contributed by atoms with E-state index < -0.39 is 12.1 Å². The summed E-state index contributed by atoms with van der Waals surface area (Å²) in [5.41, 5.74) is 12.0. The topological polar surface area (TPSA) is 155 Å². The molecule has 3 heterocycles. The molecule has 10 nitrogen and oxygen atoms in total. The van der Waals surface area contributed by atoms with Crippen molar-refractivity contribution >= 4 is 35.1 Å². The monoisotopic (exact) mass is 444 g/mol. The van der Waals surface area contributed by atoms with Gasteiger partial charge in [-0.05, 0) is 18.4 Å². The van der Waals surface area contributed by atoms with Gasteiger partial charge < -0.3 is 21.9 Å². The molecule has 164 valence electrons. The third-order valence-corrected chi connectivity index (χ3v) is 5.99. The SMILES string of the molecule is Nc1nc(N)c(C(=O)NC2=NCC3(CCN(C(O)Cc4ccccc4)CC3)N2)nc1Cl. The van der Waals surface area contributed by atoms with Crippen LogP contribution >= 0.6 is 11.6 Å². The van der Waals surface area contributed by atoms with E-state index in [1.807, 2.05) is 30.3 Å². The number of nitrogens with one attached hydrogen (secondary N) is 2. The number of benzene rings is 1. The molecule has 1 unspecified atom stereocenters. The number of aliphatic hydroxyl groups excluding tert-OH is 1. The molecule has 0 aliphatic carbocycles. The summed E-state index contributed by atoms with van der Waals surface area (Å²) < 4.78 is 0. The fourth-order valence-corrected chi connectivity index (χ4v) is 4.02. The highest BCUT2D eigenvalue weighted by Crippen LogP contribution is 2.27. The van der Waals surface area contributed by atoms with E-state index in [2.05, 4.69) is 30.5 Å². The number of anilines is 2. The van der Waals surface area contributed by atoms with Crippen LogP contribution in [0.1, 0.15) is 28.9 Å². The quantitative estimate of drug-likeness (QED) is 0.453. The van der Waals surface area contributed by atoms with E-state index in [-0.39, 0.29) is 28.0 Å². The number of piperidine rings is 1. The Labute approximate surface area is 184 Å². The van der Waals surface area contributed by atoms with Gasteiger partial charge in [0.15, 0.2) is 28.4 Å². The Morgan fingerprint density at radius 3 is 2.65 bits per heavy atom. The Balaban J connectivity index is 1.31. The first-order valence-corrected chi connectivity index (χ1v) is 10.4. The van der Waals surface area contributed by atoms with Crippen molar-refractivity contribution in [1.29, 1.82) is 0 Å². The van der Waals surface area contributed by atoms with E-state index in [0.717, 1.165) is 31.5 Å². The van der Waals surface area contributed by atoms with E-state index >= 15 is 0 Å². The molecular formula is C20H25ClN8O2. The maximum absolute atomic E-state index is 12.5. The highest BCUT2D eigenvalue weighted by molar-refractivity contribution is 6.31. The molecule has 0 radical (unpaired) electrons. The van der Waals surface area contributed by atoms with Crippen LogP contribution in [0.2, 0.25) is 5.15 Å². The van der Waals surface area contributed by atoms with Gasteiger partial charge in [0.1, 0.15) is 6.23 Å². The van der Waals surface area contributed by atoms with E-state index in [4.69, 9.17) is 23.1 Å². The Kier molecular flexibility index (Phi) is 5.94.